The van der Waals surface area contributed by atoms with Crippen molar-refractivity contribution in [1.82, 2.24) is 4.90 Å². The SMILES string of the molecule is CN1C[CH-]CCC[CH-]C1.[Y]. The number of nitrogens with zero attached hydrogens (tertiary/aromatic N) is 1. The molecule has 0 spiro atoms. The van der Waals surface area contributed by atoms with Crippen molar-refractivity contribution < 1.29 is 32.7 Å². The molecule has 0 unspecified atom stereocenters. The van der Waals surface area contributed by atoms with Crippen LogP contribution >= 0.6 is 0 Å². The molecule has 0 N–H and O–H groups in total. The van der Waals surface area contributed by atoms with Gasteiger partial charge < -0.3 is 17.7 Å². The third kappa shape index (κ3) is 4.81. The average molecular weight is 214 g/mol. The molecule has 57 valence electrons. The van der Waals surface area contributed by atoms with Gasteiger partial charge in [-0.3, -0.25) is 0 Å². The van der Waals surface area contributed by atoms with E-state index in [2.05, 4.69) is 24.8 Å². The van der Waals surface area contributed by atoms with Gasteiger partial charge in [-0.1, -0.05) is 0 Å². The number of hydrogen-bond donors (Lipinski definition) is 0. The monoisotopic (exact) mass is 214 g/mol. The first-order valence-electron chi connectivity index (χ1n) is 3.71. The minimum absolute atomic E-state index is 0. The summed E-state index contributed by atoms with van der Waals surface area (Å²) in [7, 11) is 2.16. The van der Waals surface area contributed by atoms with Gasteiger partial charge in [0.15, 0.2) is 0 Å². The molecule has 10 heavy (non-hydrogen) atoms. The van der Waals surface area contributed by atoms with Gasteiger partial charge in [0, 0.05) is 32.7 Å². The zero-order valence-corrected chi connectivity index (χ0v) is 9.55. The summed E-state index contributed by atoms with van der Waals surface area (Å²) in [5.74, 6) is 0. The molecule has 0 aromatic heterocycles. The Morgan fingerprint density at radius 3 is 2.10 bits per heavy atom. The predicted octanol–water partition coefficient (Wildman–Crippen LogP) is 1.51. The standard InChI is InChI=1S/C8H15N.Y/c1-9-7-5-3-2-4-6-8-9;/h5-6H,2-4,7-8H2,1H3;/q-2;. The third-order valence-corrected chi connectivity index (χ3v) is 1.70. The molecular weight excluding hydrogens is 199 g/mol. The first-order valence-corrected chi connectivity index (χ1v) is 3.71. The van der Waals surface area contributed by atoms with Gasteiger partial charge in [-0.05, 0) is 7.05 Å². The van der Waals surface area contributed by atoms with E-state index >= 15 is 0 Å². The molecular formula is C8H15NY-2. The second-order valence-corrected chi connectivity index (χ2v) is 2.73. The summed E-state index contributed by atoms with van der Waals surface area (Å²) in [6.07, 6.45) is 8.68. The second kappa shape index (κ2) is 6.75. The van der Waals surface area contributed by atoms with Crippen molar-refractivity contribution in [3.8, 4) is 0 Å². The fourth-order valence-electron chi connectivity index (χ4n) is 1.10. The summed E-state index contributed by atoms with van der Waals surface area (Å²) in [5, 5.41) is 0. The van der Waals surface area contributed by atoms with E-state index in [0.29, 0.717) is 0 Å². The van der Waals surface area contributed by atoms with Gasteiger partial charge in [0.05, 0.1) is 0 Å². The third-order valence-electron chi connectivity index (χ3n) is 1.70. The van der Waals surface area contributed by atoms with Crippen molar-refractivity contribution in [1.29, 1.82) is 0 Å². The van der Waals surface area contributed by atoms with Crippen molar-refractivity contribution in [3.63, 3.8) is 0 Å². The van der Waals surface area contributed by atoms with Gasteiger partial charge in [0.25, 0.3) is 0 Å². The van der Waals surface area contributed by atoms with Crippen LogP contribution in [0, 0.1) is 12.8 Å². The summed E-state index contributed by atoms with van der Waals surface area (Å²) >= 11 is 0. The summed E-state index contributed by atoms with van der Waals surface area (Å²) in [4.78, 5) is 2.33. The smallest absolute Gasteiger partial charge is 0 e. The molecule has 2 heteroatoms. The molecule has 1 nitrogen and oxygen atoms in total. The zero-order chi connectivity index (χ0) is 6.53. The molecule has 0 atom stereocenters. The summed E-state index contributed by atoms with van der Waals surface area (Å²) in [6.45, 7) is 2.33. The molecule has 1 aliphatic rings. The van der Waals surface area contributed by atoms with Crippen LogP contribution in [0.1, 0.15) is 19.3 Å². The molecule has 0 saturated carbocycles. The number of hydrogen-bond acceptors (Lipinski definition) is 1. The maximum Gasteiger partial charge on any atom is 0 e. The van der Waals surface area contributed by atoms with Crippen molar-refractivity contribution in [2.24, 2.45) is 0 Å². The Labute approximate surface area is 89.4 Å². The van der Waals surface area contributed by atoms with E-state index in [1.165, 1.54) is 19.3 Å². The van der Waals surface area contributed by atoms with E-state index in [9.17, 15) is 0 Å². The molecule has 1 radical (unpaired) electrons. The Bertz CT molecular complexity index is 67.7. The van der Waals surface area contributed by atoms with E-state index in [0.717, 1.165) is 13.1 Å². The molecule has 0 bridgehead atoms. The van der Waals surface area contributed by atoms with E-state index in [1.54, 1.807) is 0 Å². The van der Waals surface area contributed by atoms with Crippen molar-refractivity contribution in [2.75, 3.05) is 20.1 Å². The van der Waals surface area contributed by atoms with Gasteiger partial charge >= 0.3 is 0 Å². The average Bonchev–Trinajstić information content (AvgIpc) is 1.79. The topological polar surface area (TPSA) is 3.24 Å². The van der Waals surface area contributed by atoms with Crippen LogP contribution in [0.4, 0.5) is 0 Å². The van der Waals surface area contributed by atoms with Crippen LogP contribution in [0.5, 0.6) is 0 Å². The minimum atomic E-state index is 0. The van der Waals surface area contributed by atoms with Crippen LogP contribution in [0.25, 0.3) is 0 Å². The maximum absolute atomic E-state index is 2.37. The fraction of sp³-hybridized carbons (Fsp3) is 0.750. The number of likely N-dealkylation sites (tertiary alicyclic amines) is 1. The summed E-state index contributed by atoms with van der Waals surface area (Å²) in [6, 6.07) is 0. The van der Waals surface area contributed by atoms with Crippen LogP contribution < -0.4 is 0 Å². The Morgan fingerprint density at radius 2 is 1.60 bits per heavy atom. The molecule has 0 amide bonds. The Balaban J connectivity index is 0.000000810. The van der Waals surface area contributed by atoms with E-state index in [-0.39, 0.29) is 32.7 Å². The van der Waals surface area contributed by atoms with Crippen LogP contribution in [-0.2, 0) is 32.7 Å². The first-order chi connectivity index (χ1) is 4.39. The molecule has 1 rings (SSSR count). The van der Waals surface area contributed by atoms with E-state index < -0.39 is 0 Å². The van der Waals surface area contributed by atoms with Crippen LogP contribution in [0.3, 0.4) is 0 Å². The normalized spacial score (nSPS) is 22.5. The first kappa shape index (κ1) is 11.1. The zero-order valence-electron chi connectivity index (χ0n) is 6.71. The molecule has 0 aliphatic carbocycles. The van der Waals surface area contributed by atoms with Crippen molar-refractivity contribution in [2.45, 2.75) is 19.3 Å². The Morgan fingerprint density at radius 1 is 1.10 bits per heavy atom. The molecule has 0 aromatic rings. The van der Waals surface area contributed by atoms with Crippen molar-refractivity contribution in [3.05, 3.63) is 12.8 Å². The van der Waals surface area contributed by atoms with Crippen LogP contribution in [-0.4, -0.2) is 25.0 Å². The van der Waals surface area contributed by atoms with Gasteiger partial charge in [-0.2, -0.15) is 12.8 Å². The van der Waals surface area contributed by atoms with Crippen molar-refractivity contribution >= 4 is 0 Å². The largest absolute Gasteiger partial charge is 0.365 e. The van der Waals surface area contributed by atoms with Gasteiger partial charge in [-0.25, -0.2) is 0 Å². The quantitative estimate of drug-likeness (QED) is 0.552. The van der Waals surface area contributed by atoms with Gasteiger partial charge in [0.1, 0.15) is 0 Å². The summed E-state index contributed by atoms with van der Waals surface area (Å²) in [5.41, 5.74) is 0. The van der Waals surface area contributed by atoms with Crippen LogP contribution in [0.2, 0.25) is 0 Å². The molecule has 1 aliphatic heterocycles. The predicted molar refractivity (Wildman–Crippen MR) is 39.9 cm³/mol. The van der Waals surface area contributed by atoms with Gasteiger partial charge in [-0.15, -0.1) is 19.5 Å². The van der Waals surface area contributed by atoms with Crippen LogP contribution in [0.15, 0.2) is 0 Å². The molecule has 0 aromatic carbocycles. The van der Waals surface area contributed by atoms with E-state index in [4.69, 9.17) is 0 Å². The number of rotatable bonds is 0. The Hall–Kier alpha value is 1.06. The molecule has 1 saturated heterocycles. The Kier molecular flexibility index (Phi) is 7.47. The minimum Gasteiger partial charge on any atom is -0.365 e. The molecule has 1 heterocycles. The maximum atomic E-state index is 2.37. The summed E-state index contributed by atoms with van der Waals surface area (Å²) < 4.78 is 0. The second-order valence-electron chi connectivity index (χ2n) is 2.73. The fourth-order valence-corrected chi connectivity index (χ4v) is 1.10. The van der Waals surface area contributed by atoms with E-state index in [1.807, 2.05) is 0 Å². The van der Waals surface area contributed by atoms with Gasteiger partial charge in [0.2, 0.25) is 0 Å². The molecule has 1 fully saturated rings.